The summed E-state index contributed by atoms with van der Waals surface area (Å²) >= 11 is 0. The lowest BCUT2D eigenvalue weighted by Gasteiger charge is -2.15. The van der Waals surface area contributed by atoms with Crippen molar-refractivity contribution in [2.45, 2.75) is 6.54 Å². The zero-order valence-corrected chi connectivity index (χ0v) is 14.3. The molecular formula is C17H20N4O5. The number of aromatic nitrogens is 2. The first-order valence-electron chi connectivity index (χ1n) is 8.14. The first-order chi connectivity index (χ1) is 12.6. The van der Waals surface area contributed by atoms with Crippen LogP contribution in [0.2, 0.25) is 0 Å². The number of hydrogen-bond acceptors (Lipinski definition) is 7. The van der Waals surface area contributed by atoms with Gasteiger partial charge in [0.15, 0.2) is 0 Å². The maximum absolute atomic E-state index is 12.5. The van der Waals surface area contributed by atoms with E-state index < -0.39 is 5.97 Å². The Hall–Kier alpha value is -2.91. The van der Waals surface area contributed by atoms with Gasteiger partial charge in [0, 0.05) is 23.8 Å². The zero-order valence-electron chi connectivity index (χ0n) is 14.3. The first-order valence-corrected chi connectivity index (χ1v) is 8.14. The number of esters is 1. The molecule has 3 N–H and O–H groups in total. The maximum Gasteiger partial charge on any atom is 0.337 e. The number of carbonyl (C=O) groups excluding carboxylic acids is 2. The van der Waals surface area contributed by atoms with Crippen LogP contribution in [0.15, 0.2) is 35.7 Å². The average molecular weight is 360 g/mol. The van der Waals surface area contributed by atoms with Crippen molar-refractivity contribution in [3.63, 3.8) is 0 Å². The van der Waals surface area contributed by atoms with Crippen molar-refractivity contribution in [2.75, 3.05) is 38.7 Å². The van der Waals surface area contributed by atoms with Gasteiger partial charge in [0.2, 0.25) is 0 Å². The van der Waals surface area contributed by atoms with Gasteiger partial charge < -0.3 is 25.2 Å². The molecule has 0 bridgehead atoms. The van der Waals surface area contributed by atoms with Crippen molar-refractivity contribution in [1.29, 1.82) is 0 Å². The third-order valence-electron chi connectivity index (χ3n) is 4.10. The molecular weight excluding hydrogens is 340 g/mol. The number of β-amino-alcohol motifs (C(OH)–C–C–N with tert-alkyl or cyclic N) is 1. The van der Waals surface area contributed by atoms with Gasteiger partial charge in [0.25, 0.3) is 5.91 Å². The summed E-state index contributed by atoms with van der Waals surface area (Å²) in [7, 11) is 1.26. The van der Waals surface area contributed by atoms with Crippen LogP contribution in [-0.2, 0) is 20.9 Å². The molecule has 138 valence electrons. The fraction of sp³-hybridized carbons (Fsp3) is 0.353. The summed E-state index contributed by atoms with van der Waals surface area (Å²) in [6.07, 6.45) is 1.79. The predicted octanol–water partition coefficient (Wildman–Crippen LogP) is -0.298. The number of nitrogens with zero attached hydrogens (tertiary/aromatic N) is 3. The second kappa shape index (κ2) is 7.54. The highest BCUT2D eigenvalue weighted by Gasteiger charge is 2.34. The van der Waals surface area contributed by atoms with Crippen molar-refractivity contribution >= 4 is 28.5 Å². The number of rotatable bonds is 7. The quantitative estimate of drug-likeness (QED) is 0.581. The molecule has 0 saturated heterocycles. The van der Waals surface area contributed by atoms with Gasteiger partial charge in [-0.1, -0.05) is 0 Å². The number of aliphatic hydroxyl groups excluding tert-OH is 2. The summed E-state index contributed by atoms with van der Waals surface area (Å²) in [6.45, 7) is 0.416. The van der Waals surface area contributed by atoms with E-state index in [2.05, 4.69) is 10.4 Å². The molecule has 26 heavy (non-hydrogen) atoms. The number of nitrogens with one attached hydrogen (secondary N) is 1. The lowest BCUT2D eigenvalue weighted by molar-refractivity contribution is -0.136. The number of amides is 1. The minimum atomic E-state index is -0.585. The number of carbonyl (C=O) groups is 2. The van der Waals surface area contributed by atoms with E-state index in [1.165, 1.54) is 12.0 Å². The van der Waals surface area contributed by atoms with E-state index in [0.717, 1.165) is 10.9 Å². The molecule has 1 aromatic heterocycles. The molecule has 0 unspecified atom stereocenters. The Morgan fingerprint density at radius 2 is 2.08 bits per heavy atom. The van der Waals surface area contributed by atoms with Gasteiger partial charge in [0.05, 0.1) is 44.5 Å². The third kappa shape index (κ3) is 3.39. The Kier molecular flexibility index (Phi) is 5.19. The summed E-state index contributed by atoms with van der Waals surface area (Å²) in [5.41, 5.74) is 1.75. The molecule has 1 aliphatic heterocycles. The van der Waals surface area contributed by atoms with Crippen LogP contribution in [0.25, 0.3) is 10.9 Å². The van der Waals surface area contributed by atoms with Crippen LogP contribution in [0.4, 0.5) is 5.69 Å². The molecule has 0 atom stereocenters. The highest BCUT2D eigenvalue weighted by Crippen LogP contribution is 2.25. The van der Waals surface area contributed by atoms with Crippen LogP contribution in [-0.4, -0.2) is 70.2 Å². The smallest absolute Gasteiger partial charge is 0.337 e. The van der Waals surface area contributed by atoms with Crippen LogP contribution in [0.1, 0.15) is 0 Å². The lowest BCUT2D eigenvalue weighted by atomic mass is 10.2. The van der Waals surface area contributed by atoms with E-state index in [4.69, 9.17) is 14.9 Å². The molecule has 3 rings (SSSR count). The number of benzene rings is 1. The number of ether oxygens (including phenoxy) is 1. The minimum Gasteiger partial charge on any atom is -0.466 e. The Labute approximate surface area is 149 Å². The van der Waals surface area contributed by atoms with Gasteiger partial charge in [-0.2, -0.15) is 5.10 Å². The zero-order chi connectivity index (χ0) is 18.7. The molecule has 0 saturated carbocycles. The van der Waals surface area contributed by atoms with E-state index in [1.807, 2.05) is 0 Å². The fourth-order valence-corrected chi connectivity index (χ4v) is 2.86. The van der Waals surface area contributed by atoms with Crippen LogP contribution in [0, 0.1) is 0 Å². The highest BCUT2D eigenvalue weighted by molar-refractivity contribution is 6.08. The molecule has 0 spiro atoms. The summed E-state index contributed by atoms with van der Waals surface area (Å²) in [5, 5.41) is 26.3. The lowest BCUT2D eigenvalue weighted by Crippen LogP contribution is -2.31. The van der Waals surface area contributed by atoms with Gasteiger partial charge >= 0.3 is 5.97 Å². The Morgan fingerprint density at radius 1 is 1.31 bits per heavy atom. The van der Waals surface area contributed by atoms with Gasteiger partial charge in [-0.15, -0.1) is 0 Å². The summed E-state index contributed by atoms with van der Waals surface area (Å²) < 4.78 is 6.40. The van der Waals surface area contributed by atoms with Gasteiger partial charge in [-0.3, -0.25) is 9.48 Å². The van der Waals surface area contributed by atoms with Crippen molar-refractivity contribution in [2.24, 2.45) is 0 Å². The SMILES string of the molecule is COC(=O)C1=C(Nc2ccc3nn(CCO)cc3c2)C(=O)N(CCO)C1. The number of fused-ring (bicyclic) bond motifs is 1. The van der Waals surface area contributed by atoms with Gasteiger partial charge in [-0.05, 0) is 18.2 Å². The number of anilines is 1. The molecule has 1 aromatic carbocycles. The maximum atomic E-state index is 12.5. The van der Waals surface area contributed by atoms with Crippen LogP contribution in [0.5, 0.6) is 0 Å². The molecule has 1 amide bonds. The Morgan fingerprint density at radius 3 is 2.77 bits per heavy atom. The largest absolute Gasteiger partial charge is 0.466 e. The molecule has 2 aromatic rings. The topological polar surface area (TPSA) is 117 Å². The van der Waals surface area contributed by atoms with Crippen molar-refractivity contribution in [3.05, 3.63) is 35.7 Å². The monoisotopic (exact) mass is 360 g/mol. The molecule has 1 aliphatic rings. The van der Waals surface area contributed by atoms with Gasteiger partial charge in [0.1, 0.15) is 5.70 Å². The van der Waals surface area contributed by atoms with E-state index in [-0.39, 0.29) is 43.5 Å². The Balaban J connectivity index is 1.90. The van der Waals surface area contributed by atoms with Crippen molar-refractivity contribution < 1.29 is 24.5 Å². The minimum absolute atomic E-state index is 0.0103. The fourth-order valence-electron chi connectivity index (χ4n) is 2.86. The molecule has 0 fully saturated rings. The second-order valence-corrected chi connectivity index (χ2v) is 5.81. The Bertz CT molecular complexity index is 873. The van der Waals surface area contributed by atoms with Crippen molar-refractivity contribution in [1.82, 2.24) is 14.7 Å². The summed E-state index contributed by atoms with van der Waals surface area (Å²) in [4.78, 5) is 25.9. The molecule has 9 nitrogen and oxygen atoms in total. The number of aliphatic hydroxyl groups is 2. The molecule has 0 aliphatic carbocycles. The van der Waals surface area contributed by atoms with Crippen molar-refractivity contribution in [3.8, 4) is 0 Å². The predicted molar refractivity (Wildman–Crippen MR) is 93.1 cm³/mol. The van der Waals surface area contributed by atoms with E-state index in [0.29, 0.717) is 12.2 Å². The highest BCUT2D eigenvalue weighted by atomic mass is 16.5. The standard InChI is InChI=1S/C17H20N4O5/c1-26-17(25)13-10-20(4-6-22)16(24)15(13)18-12-2-3-14-11(8-12)9-21(19-14)5-7-23/h2-3,8-9,18,22-23H,4-7,10H2,1H3. The molecule has 0 radical (unpaired) electrons. The van der Waals surface area contributed by atoms with E-state index in [9.17, 15) is 9.59 Å². The average Bonchev–Trinajstić information content (AvgIpc) is 3.17. The molecule has 2 heterocycles. The molecule has 9 heteroatoms. The summed E-state index contributed by atoms with van der Waals surface area (Å²) in [5.74, 6) is -0.950. The van der Waals surface area contributed by atoms with Crippen LogP contribution >= 0.6 is 0 Å². The second-order valence-electron chi connectivity index (χ2n) is 5.81. The van der Waals surface area contributed by atoms with Gasteiger partial charge in [-0.25, -0.2) is 4.79 Å². The third-order valence-corrected chi connectivity index (χ3v) is 4.10. The summed E-state index contributed by atoms with van der Waals surface area (Å²) in [6, 6.07) is 5.34. The van der Waals surface area contributed by atoms with Crippen LogP contribution in [0.3, 0.4) is 0 Å². The number of hydrogen-bond donors (Lipinski definition) is 3. The number of methoxy groups -OCH3 is 1. The normalized spacial score (nSPS) is 14.4. The van der Waals surface area contributed by atoms with Crippen LogP contribution < -0.4 is 5.32 Å². The first kappa shape index (κ1) is 17.9. The van der Waals surface area contributed by atoms with E-state index >= 15 is 0 Å². The van der Waals surface area contributed by atoms with E-state index in [1.54, 1.807) is 29.1 Å².